The van der Waals surface area contributed by atoms with Gasteiger partial charge in [0.25, 0.3) is 0 Å². The Bertz CT molecular complexity index is 493. The lowest BCUT2D eigenvalue weighted by Gasteiger charge is -2.38. The molecule has 0 bridgehead atoms. The summed E-state index contributed by atoms with van der Waals surface area (Å²) in [5.41, 5.74) is 1.09. The molecule has 1 unspecified atom stereocenters. The number of urea groups is 1. The Morgan fingerprint density at radius 1 is 1.47 bits per heavy atom. The molecular weight excluding hydrogens is 246 g/mol. The summed E-state index contributed by atoms with van der Waals surface area (Å²) in [6.07, 6.45) is 4.91. The van der Waals surface area contributed by atoms with Crippen LogP contribution in [0.1, 0.15) is 24.4 Å². The minimum Gasteiger partial charge on any atom is -0.481 e. The number of H-pyrrole nitrogens is 1. The molecule has 19 heavy (non-hydrogen) atoms. The molecule has 1 aromatic rings. The molecule has 2 amide bonds. The van der Waals surface area contributed by atoms with E-state index < -0.39 is 5.97 Å². The Hall–Kier alpha value is -1.98. The predicted molar refractivity (Wildman–Crippen MR) is 67.5 cm³/mol. The number of carbonyl (C=O) groups is 2. The standard InChI is InChI=1S/C13H17N3O3/c1-15-11(8-2-3-14-6-8)7-16(13(15)19)10-4-9(5-10)12(17)18/h2-3,6,9-11,14H,4-5,7H2,1H3,(H,17,18). The molecule has 1 saturated heterocycles. The van der Waals surface area contributed by atoms with Crippen LogP contribution in [0.3, 0.4) is 0 Å². The molecule has 102 valence electrons. The number of carboxylic acid groups (broad SMARTS) is 1. The van der Waals surface area contributed by atoms with Gasteiger partial charge in [-0.3, -0.25) is 4.79 Å². The summed E-state index contributed by atoms with van der Waals surface area (Å²) in [5.74, 6) is -1.03. The van der Waals surface area contributed by atoms with E-state index in [0.29, 0.717) is 19.4 Å². The Balaban J connectivity index is 1.69. The van der Waals surface area contributed by atoms with Gasteiger partial charge in [-0.2, -0.15) is 0 Å². The molecule has 6 nitrogen and oxygen atoms in total. The molecule has 1 aliphatic heterocycles. The lowest BCUT2D eigenvalue weighted by molar-refractivity contribution is -0.146. The second-order valence-electron chi connectivity index (χ2n) is 5.37. The van der Waals surface area contributed by atoms with Crippen LogP contribution in [0.2, 0.25) is 0 Å². The fourth-order valence-corrected chi connectivity index (χ4v) is 2.95. The Morgan fingerprint density at radius 2 is 2.21 bits per heavy atom. The van der Waals surface area contributed by atoms with E-state index in [1.807, 2.05) is 23.4 Å². The maximum absolute atomic E-state index is 12.2. The van der Waals surface area contributed by atoms with Crippen LogP contribution in [0.5, 0.6) is 0 Å². The van der Waals surface area contributed by atoms with Crippen molar-refractivity contribution in [1.82, 2.24) is 14.8 Å². The third-order valence-electron chi connectivity index (χ3n) is 4.29. The van der Waals surface area contributed by atoms with Crippen molar-refractivity contribution in [1.29, 1.82) is 0 Å². The fraction of sp³-hybridized carbons (Fsp3) is 0.538. The van der Waals surface area contributed by atoms with Gasteiger partial charge in [-0.1, -0.05) is 0 Å². The van der Waals surface area contributed by atoms with Crippen molar-refractivity contribution in [2.24, 2.45) is 5.92 Å². The number of nitrogens with zero attached hydrogens (tertiary/aromatic N) is 2. The average molecular weight is 263 g/mol. The zero-order chi connectivity index (χ0) is 13.6. The molecule has 2 heterocycles. The van der Waals surface area contributed by atoms with Crippen LogP contribution in [-0.4, -0.2) is 51.5 Å². The number of aliphatic carboxylic acids is 1. The largest absolute Gasteiger partial charge is 0.481 e. The van der Waals surface area contributed by atoms with Gasteiger partial charge < -0.3 is 19.9 Å². The summed E-state index contributed by atoms with van der Waals surface area (Å²) in [6.45, 7) is 0.643. The highest BCUT2D eigenvalue weighted by Crippen LogP contribution is 2.37. The Kier molecular flexibility index (Phi) is 2.73. The second-order valence-corrected chi connectivity index (χ2v) is 5.37. The monoisotopic (exact) mass is 263 g/mol. The number of aromatic nitrogens is 1. The number of carboxylic acids is 1. The molecule has 0 spiro atoms. The van der Waals surface area contributed by atoms with Crippen molar-refractivity contribution in [3.8, 4) is 0 Å². The molecule has 1 atom stereocenters. The van der Waals surface area contributed by atoms with Crippen molar-refractivity contribution in [3.05, 3.63) is 24.0 Å². The molecule has 2 fully saturated rings. The summed E-state index contributed by atoms with van der Waals surface area (Å²) >= 11 is 0. The number of hydrogen-bond donors (Lipinski definition) is 2. The van der Waals surface area contributed by atoms with E-state index in [1.165, 1.54) is 0 Å². The molecule has 2 N–H and O–H groups in total. The van der Waals surface area contributed by atoms with Crippen LogP contribution in [0.4, 0.5) is 4.79 Å². The van der Waals surface area contributed by atoms with Crippen LogP contribution >= 0.6 is 0 Å². The number of amides is 2. The zero-order valence-corrected chi connectivity index (χ0v) is 10.7. The highest BCUT2D eigenvalue weighted by atomic mass is 16.4. The third kappa shape index (κ3) is 1.87. The first-order chi connectivity index (χ1) is 9.08. The fourth-order valence-electron chi connectivity index (χ4n) is 2.95. The number of nitrogens with one attached hydrogen (secondary N) is 1. The summed E-state index contributed by atoms with van der Waals surface area (Å²) in [4.78, 5) is 29.6. The summed E-state index contributed by atoms with van der Waals surface area (Å²) in [7, 11) is 1.80. The molecule has 1 aliphatic carbocycles. The quantitative estimate of drug-likeness (QED) is 0.862. The van der Waals surface area contributed by atoms with Gasteiger partial charge in [-0.25, -0.2) is 4.79 Å². The first-order valence-corrected chi connectivity index (χ1v) is 6.47. The van der Waals surface area contributed by atoms with Crippen molar-refractivity contribution >= 4 is 12.0 Å². The maximum Gasteiger partial charge on any atom is 0.320 e. The summed E-state index contributed by atoms with van der Waals surface area (Å²) in [6, 6.07) is 2.11. The first-order valence-electron chi connectivity index (χ1n) is 6.47. The van der Waals surface area contributed by atoms with Gasteiger partial charge in [0.2, 0.25) is 0 Å². The van der Waals surface area contributed by atoms with Gasteiger partial charge in [0.05, 0.1) is 12.0 Å². The number of rotatable bonds is 3. The molecule has 0 aromatic carbocycles. The first kappa shape index (κ1) is 12.1. The smallest absolute Gasteiger partial charge is 0.320 e. The van der Waals surface area contributed by atoms with E-state index in [4.69, 9.17) is 5.11 Å². The molecule has 0 radical (unpaired) electrons. The highest BCUT2D eigenvalue weighted by molar-refractivity contribution is 5.78. The van der Waals surface area contributed by atoms with E-state index in [-0.39, 0.29) is 24.0 Å². The minimum atomic E-state index is -0.751. The number of likely N-dealkylation sites (N-methyl/N-ethyl adjacent to an activating group) is 1. The Labute approximate surface area is 111 Å². The van der Waals surface area contributed by atoms with Crippen LogP contribution in [0.25, 0.3) is 0 Å². The number of hydrogen-bond acceptors (Lipinski definition) is 2. The van der Waals surface area contributed by atoms with Gasteiger partial charge >= 0.3 is 12.0 Å². The van der Waals surface area contributed by atoms with Gasteiger partial charge in [0.1, 0.15) is 0 Å². The lowest BCUT2D eigenvalue weighted by Crippen LogP contribution is -2.48. The van der Waals surface area contributed by atoms with Crippen LogP contribution in [-0.2, 0) is 4.79 Å². The molecule has 2 aliphatic rings. The highest BCUT2D eigenvalue weighted by Gasteiger charge is 2.45. The molecule has 1 aromatic heterocycles. The van der Waals surface area contributed by atoms with Gasteiger partial charge in [0.15, 0.2) is 0 Å². The third-order valence-corrected chi connectivity index (χ3v) is 4.29. The van der Waals surface area contributed by atoms with Crippen LogP contribution < -0.4 is 0 Å². The predicted octanol–water partition coefficient (Wildman–Crippen LogP) is 1.29. The van der Waals surface area contributed by atoms with Crippen LogP contribution in [0.15, 0.2) is 18.5 Å². The van der Waals surface area contributed by atoms with E-state index in [2.05, 4.69) is 4.98 Å². The van der Waals surface area contributed by atoms with Crippen molar-refractivity contribution in [2.75, 3.05) is 13.6 Å². The van der Waals surface area contributed by atoms with E-state index in [1.54, 1.807) is 11.9 Å². The topological polar surface area (TPSA) is 76.6 Å². The molecule has 6 heteroatoms. The number of aromatic amines is 1. The van der Waals surface area contributed by atoms with Crippen molar-refractivity contribution in [2.45, 2.75) is 24.9 Å². The summed E-state index contributed by atoms with van der Waals surface area (Å²) in [5, 5.41) is 8.90. The average Bonchev–Trinajstić information content (AvgIpc) is 2.90. The number of carbonyl (C=O) groups excluding carboxylic acids is 1. The maximum atomic E-state index is 12.2. The second kappa shape index (κ2) is 4.29. The molecule has 1 saturated carbocycles. The SMILES string of the molecule is CN1C(=O)N(C2CC(C(=O)O)C2)CC1c1cc[nH]c1. The van der Waals surface area contributed by atoms with Crippen LogP contribution in [0, 0.1) is 5.92 Å². The normalized spacial score (nSPS) is 30.6. The van der Waals surface area contributed by atoms with E-state index in [0.717, 1.165) is 5.56 Å². The molecule has 3 rings (SSSR count). The molecular formula is C13H17N3O3. The zero-order valence-electron chi connectivity index (χ0n) is 10.7. The van der Waals surface area contributed by atoms with Gasteiger partial charge in [-0.05, 0) is 24.5 Å². The van der Waals surface area contributed by atoms with Gasteiger partial charge in [-0.15, -0.1) is 0 Å². The van der Waals surface area contributed by atoms with Crippen molar-refractivity contribution < 1.29 is 14.7 Å². The Morgan fingerprint density at radius 3 is 2.79 bits per heavy atom. The van der Waals surface area contributed by atoms with Crippen molar-refractivity contribution in [3.63, 3.8) is 0 Å². The summed E-state index contributed by atoms with van der Waals surface area (Å²) < 4.78 is 0. The lowest BCUT2D eigenvalue weighted by atomic mass is 9.79. The van der Waals surface area contributed by atoms with E-state index >= 15 is 0 Å². The van der Waals surface area contributed by atoms with E-state index in [9.17, 15) is 9.59 Å². The minimum absolute atomic E-state index is 0.0000359. The van der Waals surface area contributed by atoms with Gasteiger partial charge in [0, 0.05) is 32.0 Å².